The first kappa shape index (κ1) is 21.3. The lowest BCUT2D eigenvalue weighted by molar-refractivity contribution is -0.135. The van der Waals surface area contributed by atoms with Crippen LogP contribution in [0, 0.1) is 0 Å². The van der Waals surface area contributed by atoms with E-state index in [-0.39, 0.29) is 11.8 Å². The highest BCUT2D eigenvalue weighted by atomic mass is 35.5. The zero-order valence-electron chi connectivity index (χ0n) is 16.4. The molecule has 0 bridgehead atoms. The summed E-state index contributed by atoms with van der Waals surface area (Å²) in [7, 11) is 1.65. The average Bonchev–Trinajstić information content (AvgIpc) is 2.73. The van der Waals surface area contributed by atoms with Crippen LogP contribution in [-0.2, 0) is 9.59 Å². The van der Waals surface area contributed by atoms with E-state index in [1.54, 1.807) is 41.7 Å². The van der Waals surface area contributed by atoms with Gasteiger partial charge in [-0.05, 0) is 35.9 Å². The van der Waals surface area contributed by atoms with Crippen LogP contribution in [0.2, 0.25) is 5.02 Å². The first-order valence-corrected chi connectivity index (χ1v) is 10.5. The second-order valence-corrected chi connectivity index (χ2v) is 8.12. The number of nitrogens with zero attached hydrogens (tertiary/aromatic N) is 2. The van der Waals surface area contributed by atoms with Crippen molar-refractivity contribution < 1.29 is 14.3 Å². The molecule has 0 spiro atoms. The topological polar surface area (TPSA) is 49.9 Å². The first-order valence-electron chi connectivity index (χ1n) is 9.31. The Hall–Kier alpha value is -2.44. The molecule has 0 N–H and O–H groups in total. The zero-order valence-corrected chi connectivity index (χ0v) is 18.0. The number of rotatable bonds is 5. The molecule has 0 aliphatic carbocycles. The second kappa shape index (κ2) is 9.85. The monoisotopic (exact) mass is 430 g/mol. The number of piperazine rings is 1. The van der Waals surface area contributed by atoms with Crippen molar-refractivity contribution in [1.82, 2.24) is 9.80 Å². The van der Waals surface area contributed by atoms with Crippen LogP contribution in [0.1, 0.15) is 12.5 Å². The molecule has 29 heavy (non-hydrogen) atoms. The average molecular weight is 431 g/mol. The molecule has 0 saturated carbocycles. The molecule has 0 unspecified atom stereocenters. The number of amides is 2. The van der Waals surface area contributed by atoms with Crippen molar-refractivity contribution in [3.63, 3.8) is 0 Å². The number of ether oxygens (including phenoxy) is 1. The summed E-state index contributed by atoms with van der Waals surface area (Å²) in [5.74, 6) is 0.787. The van der Waals surface area contributed by atoms with Gasteiger partial charge in [0.25, 0.3) is 0 Å². The Bertz CT molecular complexity index is 924. The molecule has 5 nitrogen and oxygen atoms in total. The number of hydrogen-bond donors (Lipinski definition) is 0. The lowest BCUT2D eigenvalue weighted by Gasteiger charge is -2.33. The van der Waals surface area contributed by atoms with Crippen molar-refractivity contribution in [2.45, 2.75) is 16.7 Å². The smallest absolute Gasteiger partial charge is 0.246 e. The zero-order chi connectivity index (χ0) is 20.8. The van der Waals surface area contributed by atoms with E-state index >= 15 is 0 Å². The summed E-state index contributed by atoms with van der Waals surface area (Å²) in [5.41, 5.74) is 0.784. The normalized spacial score (nSPS) is 14.3. The third kappa shape index (κ3) is 5.55. The fourth-order valence-electron chi connectivity index (χ4n) is 3.04. The fraction of sp³-hybridized carbons (Fsp3) is 0.273. The number of carbonyl (C=O) groups excluding carboxylic acids is 2. The SMILES string of the molecule is COc1ccccc1Sc1ccc(C=CC(=O)N2CCN(C(C)=O)CC2)c(Cl)c1. The van der Waals surface area contributed by atoms with Gasteiger partial charge in [-0.1, -0.05) is 41.6 Å². The van der Waals surface area contributed by atoms with E-state index in [1.165, 1.54) is 6.08 Å². The Labute approximate surface area is 180 Å². The Morgan fingerprint density at radius 1 is 1.07 bits per heavy atom. The van der Waals surface area contributed by atoms with Crippen molar-refractivity contribution in [2.75, 3.05) is 33.3 Å². The Balaban J connectivity index is 1.63. The summed E-state index contributed by atoms with van der Waals surface area (Å²) in [6.07, 6.45) is 3.28. The molecule has 1 heterocycles. The summed E-state index contributed by atoms with van der Waals surface area (Å²) >= 11 is 8.00. The number of hydrogen-bond acceptors (Lipinski definition) is 4. The van der Waals surface area contributed by atoms with Gasteiger partial charge in [0.05, 0.1) is 12.0 Å². The van der Waals surface area contributed by atoms with E-state index in [0.29, 0.717) is 31.2 Å². The van der Waals surface area contributed by atoms with Crippen molar-refractivity contribution in [3.8, 4) is 5.75 Å². The van der Waals surface area contributed by atoms with Gasteiger partial charge in [-0.2, -0.15) is 0 Å². The molecule has 0 atom stereocenters. The number of carbonyl (C=O) groups is 2. The van der Waals surface area contributed by atoms with E-state index in [9.17, 15) is 9.59 Å². The van der Waals surface area contributed by atoms with Crippen LogP contribution in [-0.4, -0.2) is 54.9 Å². The maximum absolute atomic E-state index is 12.4. The van der Waals surface area contributed by atoms with E-state index in [4.69, 9.17) is 16.3 Å². The number of methoxy groups -OCH3 is 1. The van der Waals surface area contributed by atoms with Gasteiger partial charge >= 0.3 is 0 Å². The van der Waals surface area contributed by atoms with Gasteiger partial charge in [0.2, 0.25) is 11.8 Å². The summed E-state index contributed by atoms with van der Waals surface area (Å²) in [6.45, 7) is 3.79. The first-order chi connectivity index (χ1) is 14.0. The van der Waals surface area contributed by atoms with Crippen LogP contribution < -0.4 is 4.74 Å². The molecule has 3 rings (SSSR count). The molecule has 2 amide bonds. The van der Waals surface area contributed by atoms with Gasteiger partial charge in [-0.3, -0.25) is 9.59 Å². The molecule has 1 aliphatic rings. The quantitative estimate of drug-likeness (QED) is 0.667. The molecule has 152 valence electrons. The highest BCUT2D eigenvalue weighted by Gasteiger charge is 2.20. The maximum atomic E-state index is 12.4. The molecule has 1 aliphatic heterocycles. The summed E-state index contributed by atoms with van der Waals surface area (Å²) in [6, 6.07) is 13.6. The van der Waals surface area contributed by atoms with Crippen molar-refractivity contribution in [2.24, 2.45) is 0 Å². The third-order valence-corrected chi connectivity index (χ3v) is 6.09. The third-order valence-electron chi connectivity index (χ3n) is 4.71. The molecule has 0 aromatic heterocycles. The van der Waals surface area contributed by atoms with Crippen molar-refractivity contribution in [3.05, 3.63) is 59.1 Å². The number of para-hydroxylation sites is 1. The molecular formula is C22H23ClN2O3S. The van der Waals surface area contributed by atoms with Gasteiger partial charge in [-0.15, -0.1) is 0 Å². The van der Waals surface area contributed by atoms with Gasteiger partial charge in [0, 0.05) is 49.1 Å². The Morgan fingerprint density at radius 2 is 1.76 bits per heavy atom. The summed E-state index contributed by atoms with van der Waals surface area (Å²) in [5, 5.41) is 0.579. The van der Waals surface area contributed by atoms with Crippen LogP contribution in [0.4, 0.5) is 0 Å². The van der Waals surface area contributed by atoms with E-state index < -0.39 is 0 Å². The maximum Gasteiger partial charge on any atom is 0.246 e. The molecule has 0 radical (unpaired) electrons. The van der Waals surface area contributed by atoms with Crippen LogP contribution in [0.5, 0.6) is 5.75 Å². The summed E-state index contributed by atoms with van der Waals surface area (Å²) < 4.78 is 5.38. The molecule has 2 aromatic rings. The molecule has 7 heteroatoms. The minimum atomic E-state index is -0.0725. The van der Waals surface area contributed by atoms with E-state index in [0.717, 1.165) is 21.1 Å². The molecular weight excluding hydrogens is 408 g/mol. The lowest BCUT2D eigenvalue weighted by Crippen LogP contribution is -2.49. The Morgan fingerprint density at radius 3 is 2.41 bits per heavy atom. The van der Waals surface area contributed by atoms with Crippen molar-refractivity contribution in [1.29, 1.82) is 0 Å². The van der Waals surface area contributed by atoms with E-state index in [2.05, 4.69) is 0 Å². The van der Waals surface area contributed by atoms with Gasteiger partial charge < -0.3 is 14.5 Å². The second-order valence-electron chi connectivity index (χ2n) is 6.60. The standard InChI is InChI=1S/C22H23ClN2O3S/c1-16(26)24-11-13-25(14-12-24)22(27)10-8-17-7-9-18(15-19(17)23)29-21-6-4-3-5-20(21)28-2/h3-10,15H,11-14H2,1-2H3. The van der Waals surface area contributed by atoms with Gasteiger partial charge in [-0.25, -0.2) is 0 Å². The van der Waals surface area contributed by atoms with Gasteiger partial charge in [0.1, 0.15) is 5.75 Å². The fourth-order valence-corrected chi connectivity index (χ4v) is 4.32. The highest BCUT2D eigenvalue weighted by molar-refractivity contribution is 7.99. The lowest BCUT2D eigenvalue weighted by atomic mass is 10.2. The highest BCUT2D eigenvalue weighted by Crippen LogP contribution is 2.36. The molecule has 2 aromatic carbocycles. The molecule has 1 saturated heterocycles. The summed E-state index contributed by atoms with van der Waals surface area (Å²) in [4.78, 5) is 29.3. The predicted molar refractivity (Wildman–Crippen MR) is 116 cm³/mol. The Kier molecular flexibility index (Phi) is 7.23. The van der Waals surface area contributed by atoms with Crippen LogP contribution in [0.15, 0.2) is 58.3 Å². The predicted octanol–water partition coefficient (Wildman–Crippen LogP) is 4.20. The van der Waals surface area contributed by atoms with Crippen molar-refractivity contribution >= 4 is 41.3 Å². The minimum absolute atomic E-state index is 0.0468. The van der Waals surface area contributed by atoms with Gasteiger partial charge in [0.15, 0.2) is 0 Å². The number of benzene rings is 2. The largest absolute Gasteiger partial charge is 0.496 e. The van der Waals surface area contributed by atoms with Crippen LogP contribution in [0.25, 0.3) is 6.08 Å². The number of halogens is 1. The molecule has 1 fully saturated rings. The van der Waals surface area contributed by atoms with Crippen LogP contribution in [0.3, 0.4) is 0 Å². The van der Waals surface area contributed by atoms with Crippen LogP contribution >= 0.6 is 23.4 Å². The minimum Gasteiger partial charge on any atom is -0.496 e. The van der Waals surface area contributed by atoms with E-state index in [1.807, 2.05) is 42.5 Å².